The Morgan fingerprint density at radius 3 is 2.70 bits per heavy atom. The van der Waals surface area contributed by atoms with Gasteiger partial charge in [-0.25, -0.2) is 0 Å². The summed E-state index contributed by atoms with van der Waals surface area (Å²) in [6, 6.07) is 0. The van der Waals surface area contributed by atoms with Crippen LogP contribution < -0.4 is 5.32 Å². The third-order valence-electron chi connectivity index (χ3n) is 2.76. The van der Waals surface area contributed by atoms with Gasteiger partial charge in [0.15, 0.2) is 0 Å². The van der Waals surface area contributed by atoms with E-state index in [4.69, 9.17) is 0 Å². The molecular weight excluding hydrogens is 126 g/mol. The Hall–Kier alpha value is -0.530. The standard InChI is InChI=1S/C8H13NO/c1-6-2-8(3-6)4-7(10)9-5-8/h6H,2-5H2,1H3,(H,9,10). The third-order valence-corrected chi connectivity index (χ3v) is 2.76. The Morgan fingerprint density at radius 1 is 1.60 bits per heavy atom. The van der Waals surface area contributed by atoms with Crippen molar-refractivity contribution in [3.63, 3.8) is 0 Å². The number of hydrogen-bond donors (Lipinski definition) is 1. The lowest BCUT2D eigenvalue weighted by Crippen LogP contribution is -2.37. The SMILES string of the molecule is CC1CC2(CNC(=O)C2)C1. The first kappa shape index (κ1) is 6.20. The van der Waals surface area contributed by atoms with E-state index in [-0.39, 0.29) is 5.91 Å². The summed E-state index contributed by atoms with van der Waals surface area (Å²) in [4.78, 5) is 10.8. The van der Waals surface area contributed by atoms with E-state index in [2.05, 4.69) is 12.2 Å². The Labute approximate surface area is 61.0 Å². The second-order valence-electron chi connectivity index (χ2n) is 3.97. The number of carbonyl (C=O) groups is 1. The second-order valence-corrected chi connectivity index (χ2v) is 3.97. The maximum Gasteiger partial charge on any atom is 0.220 e. The molecule has 0 aromatic carbocycles. The molecule has 2 rings (SSSR count). The predicted molar refractivity (Wildman–Crippen MR) is 38.5 cm³/mol. The van der Waals surface area contributed by atoms with Crippen molar-refractivity contribution in [2.45, 2.75) is 26.2 Å². The summed E-state index contributed by atoms with van der Waals surface area (Å²) in [5.41, 5.74) is 0.399. The van der Waals surface area contributed by atoms with Gasteiger partial charge in [0, 0.05) is 13.0 Å². The quantitative estimate of drug-likeness (QED) is 0.531. The monoisotopic (exact) mass is 139 g/mol. The van der Waals surface area contributed by atoms with E-state index in [9.17, 15) is 4.79 Å². The molecule has 1 heterocycles. The summed E-state index contributed by atoms with van der Waals surface area (Å²) < 4.78 is 0. The van der Waals surface area contributed by atoms with Gasteiger partial charge in [0.2, 0.25) is 5.91 Å². The van der Waals surface area contributed by atoms with Crippen molar-refractivity contribution in [2.24, 2.45) is 11.3 Å². The average Bonchev–Trinajstić information content (AvgIpc) is 2.10. The second kappa shape index (κ2) is 1.74. The van der Waals surface area contributed by atoms with Crippen LogP contribution >= 0.6 is 0 Å². The molecule has 0 bridgehead atoms. The van der Waals surface area contributed by atoms with Crippen molar-refractivity contribution in [1.82, 2.24) is 5.32 Å². The zero-order valence-electron chi connectivity index (χ0n) is 6.31. The molecule has 1 saturated heterocycles. The Balaban J connectivity index is 2.01. The zero-order valence-corrected chi connectivity index (χ0v) is 6.31. The number of nitrogens with one attached hydrogen (secondary N) is 1. The third kappa shape index (κ3) is 0.746. The molecule has 0 atom stereocenters. The summed E-state index contributed by atoms with van der Waals surface area (Å²) >= 11 is 0. The van der Waals surface area contributed by atoms with E-state index in [1.165, 1.54) is 12.8 Å². The van der Waals surface area contributed by atoms with Crippen LogP contribution in [-0.4, -0.2) is 12.5 Å². The summed E-state index contributed by atoms with van der Waals surface area (Å²) in [6.07, 6.45) is 3.30. The van der Waals surface area contributed by atoms with Gasteiger partial charge < -0.3 is 5.32 Å². The van der Waals surface area contributed by atoms with E-state index in [0.717, 1.165) is 18.9 Å². The van der Waals surface area contributed by atoms with Crippen molar-refractivity contribution < 1.29 is 4.79 Å². The molecule has 1 saturated carbocycles. The Morgan fingerprint density at radius 2 is 2.30 bits per heavy atom. The highest BCUT2D eigenvalue weighted by Gasteiger charge is 2.46. The van der Waals surface area contributed by atoms with Gasteiger partial charge in [-0.05, 0) is 24.2 Å². The van der Waals surface area contributed by atoms with Gasteiger partial charge in [-0.1, -0.05) is 6.92 Å². The molecule has 10 heavy (non-hydrogen) atoms. The number of rotatable bonds is 0. The molecule has 56 valence electrons. The fourth-order valence-electron chi connectivity index (χ4n) is 2.46. The van der Waals surface area contributed by atoms with Crippen molar-refractivity contribution in [3.05, 3.63) is 0 Å². The molecule has 0 radical (unpaired) electrons. The van der Waals surface area contributed by atoms with Crippen molar-refractivity contribution >= 4 is 5.91 Å². The van der Waals surface area contributed by atoms with Gasteiger partial charge in [0.25, 0.3) is 0 Å². The van der Waals surface area contributed by atoms with Crippen LogP contribution in [0.3, 0.4) is 0 Å². The zero-order chi connectivity index (χ0) is 7.19. The first-order chi connectivity index (χ1) is 4.70. The molecular formula is C8H13NO. The largest absolute Gasteiger partial charge is 0.356 e. The van der Waals surface area contributed by atoms with Crippen molar-refractivity contribution in [3.8, 4) is 0 Å². The van der Waals surface area contributed by atoms with Gasteiger partial charge in [0.1, 0.15) is 0 Å². The molecule has 1 aliphatic heterocycles. The molecule has 1 amide bonds. The van der Waals surface area contributed by atoms with Crippen LogP contribution in [-0.2, 0) is 4.79 Å². The first-order valence-electron chi connectivity index (χ1n) is 3.97. The molecule has 1 aliphatic carbocycles. The van der Waals surface area contributed by atoms with E-state index in [1.807, 2.05) is 0 Å². The molecule has 1 spiro atoms. The Kier molecular flexibility index (Phi) is 1.08. The Bertz CT molecular complexity index is 170. The van der Waals surface area contributed by atoms with E-state index >= 15 is 0 Å². The smallest absolute Gasteiger partial charge is 0.220 e. The minimum atomic E-state index is 0.256. The summed E-state index contributed by atoms with van der Waals surface area (Å²) in [5.74, 6) is 1.11. The molecule has 0 aromatic heterocycles. The number of amides is 1. The minimum absolute atomic E-state index is 0.256. The molecule has 0 unspecified atom stereocenters. The lowest BCUT2D eigenvalue weighted by molar-refractivity contribution is -0.120. The topological polar surface area (TPSA) is 29.1 Å². The maximum absolute atomic E-state index is 10.8. The average molecular weight is 139 g/mol. The van der Waals surface area contributed by atoms with Gasteiger partial charge in [0.05, 0.1) is 0 Å². The van der Waals surface area contributed by atoms with Crippen LogP contribution in [0.4, 0.5) is 0 Å². The van der Waals surface area contributed by atoms with Crippen LogP contribution in [0.2, 0.25) is 0 Å². The minimum Gasteiger partial charge on any atom is -0.356 e. The van der Waals surface area contributed by atoms with Crippen LogP contribution in [0, 0.1) is 11.3 Å². The van der Waals surface area contributed by atoms with Crippen LogP contribution in [0.1, 0.15) is 26.2 Å². The molecule has 1 N–H and O–H groups in total. The van der Waals surface area contributed by atoms with E-state index in [1.54, 1.807) is 0 Å². The van der Waals surface area contributed by atoms with Crippen molar-refractivity contribution in [2.75, 3.05) is 6.54 Å². The molecule has 2 aliphatic rings. The highest BCUT2D eigenvalue weighted by Crippen LogP contribution is 2.49. The van der Waals surface area contributed by atoms with Gasteiger partial charge in [-0.2, -0.15) is 0 Å². The normalized spacial score (nSPS) is 45.3. The van der Waals surface area contributed by atoms with Crippen LogP contribution in [0.25, 0.3) is 0 Å². The summed E-state index contributed by atoms with van der Waals surface area (Å²) in [6.45, 7) is 3.20. The lowest BCUT2D eigenvalue weighted by atomic mass is 9.62. The molecule has 0 aromatic rings. The van der Waals surface area contributed by atoms with Gasteiger partial charge >= 0.3 is 0 Å². The van der Waals surface area contributed by atoms with Gasteiger partial charge in [-0.3, -0.25) is 4.79 Å². The molecule has 2 fully saturated rings. The first-order valence-corrected chi connectivity index (χ1v) is 3.97. The maximum atomic E-state index is 10.8. The number of carbonyl (C=O) groups excluding carboxylic acids is 1. The van der Waals surface area contributed by atoms with E-state index < -0.39 is 0 Å². The highest BCUT2D eigenvalue weighted by atomic mass is 16.1. The van der Waals surface area contributed by atoms with Crippen LogP contribution in [0.15, 0.2) is 0 Å². The lowest BCUT2D eigenvalue weighted by Gasteiger charge is -2.42. The molecule has 2 heteroatoms. The fourth-order valence-corrected chi connectivity index (χ4v) is 2.46. The summed E-state index contributed by atoms with van der Waals surface area (Å²) in [7, 11) is 0. The summed E-state index contributed by atoms with van der Waals surface area (Å²) in [5, 5.41) is 2.89. The van der Waals surface area contributed by atoms with Gasteiger partial charge in [-0.15, -0.1) is 0 Å². The van der Waals surface area contributed by atoms with Crippen molar-refractivity contribution in [1.29, 1.82) is 0 Å². The number of hydrogen-bond acceptors (Lipinski definition) is 1. The molecule has 2 nitrogen and oxygen atoms in total. The predicted octanol–water partition coefficient (Wildman–Crippen LogP) is 0.923. The van der Waals surface area contributed by atoms with E-state index in [0.29, 0.717) is 5.41 Å². The fraction of sp³-hybridized carbons (Fsp3) is 0.875. The highest BCUT2D eigenvalue weighted by molar-refractivity contribution is 5.79. The van der Waals surface area contributed by atoms with Crippen LogP contribution in [0.5, 0.6) is 0 Å².